The number of anilines is 1. The molecule has 1 saturated heterocycles. The molecule has 7 nitrogen and oxygen atoms in total. The van der Waals surface area contributed by atoms with E-state index in [9.17, 15) is 14.4 Å². The van der Waals surface area contributed by atoms with Crippen LogP contribution in [0.3, 0.4) is 0 Å². The highest BCUT2D eigenvalue weighted by Crippen LogP contribution is 2.22. The number of carbonyl (C=O) groups excluding carboxylic acids is 3. The molecule has 0 radical (unpaired) electrons. The summed E-state index contributed by atoms with van der Waals surface area (Å²) in [5.41, 5.74) is 6.22. The summed E-state index contributed by atoms with van der Waals surface area (Å²) in [6, 6.07) is 13.4. The van der Waals surface area contributed by atoms with E-state index in [1.807, 2.05) is 6.92 Å². The number of hydrogen-bond donors (Lipinski definition) is 2. The fourth-order valence-corrected chi connectivity index (χ4v) is 2.86. The molecule has 2 aromatic carbocycles. The Morgan fingerprint density at radius 2 is 1.74 bits per heavy atom. The van der Waals surface area contributed by atoms with Crippen molar-refractivity contribution in [3.63, 3.8) is 0 Å². The summed E-state index contributed by atoms with van der Waals surface area (Å²) in [7, 11) is 0. The van der Waals surface area contributed by atoms with Crippen LogP contribution in [0.2, 0.25) is 0 Å². The second kappa shape index (κ2) is 8.35. The third-order valence-corrected chi connectivity index (χ3v) is 4.21. The summed E-state index contributed by atoms with van der Waals surface area (Å²) in [6.45, 7) is 3.08. The van der Waals surface area contributed by atoms with Gasteiger partial charge < -0.3 is 9.64 Å². The maximum atomic E-state index is 12.3. The molecule has 2 N–H and O–H groups in total. The number of nitrogens with one attached hydrogen (secondary N) is 2. The number of nitrogens with zero attached hydrogens (tertiary/aromatic N) is 1. The summed E-state index contributed by atoms with van der Waals surface area (Å²) in [5, 5.41) is 0. The first-order valence-corrected chi connectivity index (χ1v) is 8.82. The molecule has 7 heteroatoms. The van der Waals surface area contributed by atoms with Gasteiger partial charge in [0, 0.05) is 29.8 Å². The fourth-order valence-electron chi connectivity index (χ4n) is 2.86. The minimum absolute atomic E-state index is 0.0522. The Morgan fingerprint density at radius 1 is 1.04 bits per heavy atom. The van der Waals surface area contributed by atoms with Crippen molar-refractivity contribution in [3.8, 4) is 5.75 Å². The summed E-state index contributed by atoms with van der Waals surface area (Å²) in [4.78, 5) is 38.0. The molecule has 0 saturated carbocycles. The van der Waals surface area contributed by atoms with E-state index in [4.69, 9.17) is 4.74 Å². The molecule has 0 atom stereocenters. The third kappa shape index (κ3) is 4.44. The van der Waals surface area contributed by atoms with Gasteiger partial charge in [0.1, 0.15) is 5.75 Å². The monoisotopic (exact) mass is 367 g/mol. The van der Waals surface area contributed by atoms with Crippen LogP contribution >= 0.6 is 0 Å². The van der Waals surface area contributed by atoms with Gasteiger partial charge in [-0.1, -0.05) is 6.07 Å². The van der Waals surface area contributed by atoms with Gasteiger partial charge in [-0.3, -0.25) is 25.2 Å². The highest BCUT2D eigenvalue weighted by atomic mass is 16.5. The molecule has 1 fully saturated rings. The summed E-state index contributed by atoms with van der Waals surface area (Å²) in [5.74, 6) is -0.164. The molecule has 3 amide bonds. The maximum Gasteiger partial charge on any atom is 0.269 e. The highest BCUT2D eigenvalue weighted by Gasteiger charge is 2.22. The van der Waals surface area contributed by atoms with Crippen LogP contribution in [0.1, 0.15) is 40.5 Å². The zero-order chi connectivity index (χ0) is 19.2. The van der Waals surface area contributed by atoms with Crippen molar-refractivity contribution >= 4 is 23.4 Å². The average Bonchev–Trinajstić information content (AvgIpc) is 3.12. The van der Waals surface area contributed by atoms with Gasteiger partial charge in [0.15, 0.2) is 0 Å². The Kier molecular flexibility index (Phi) is 5.71. The topological polar surface area (TPSA) is 87.7 Å². The van der Waals surface area contributed by atoms with Gasteiger partial charge >= 0.3 is 0 Å². The van der Waals surface area contributed by atoms with Crippen molar-refractivity contribution in [1.29, 1.82) is 0 Å². The zero-order valence-corrected chi connectivity index (χ0v) is 15.0. The minimum atomic E-state index is -0.456. The summed E-state index contributed by atoms with van der Waals surface area (Å²) < 4.78 is 5.33. The smallest absolute Gasteiger partial charge is 0.269 e. The van der Waals surface area contributed by atoms with Crippen LogP contribution in [0.25, 0.3) is 0 Å². The van der Waals surface area contributed by atoms with E-state index in [0.29, 0.717) is 42.1 Å². The lowest BCUT2D eigenvalue weighted by molar-refractivity contribution is -0.117. The Balaban J connectivity index is 1.60. The molecule has 1 aliphatic heterocycles. The van der Waals surface area contributed by atoms with Gasteiger partial charge in [-0.05, 0) is 55.8 Å². The molecule has 3 rings (SSSR count). The van der Waals surface area contributed by atoms with Crippen molar-refractivity contribution in [3.05, 3.63) is 59.7 Å². The van der Waals surface area contributed by atoms with Crippen LogP contribution in [0.5, 0.6) is 5.75 Å². The Hall–Kier alpha value is -3.35. The molecular formula is C20H21N3O4. The number of ether oxygens (including phenoxy) is 1. The molecular weight excluding hydrogens is 346 g/mol. The van der Waals surface area contributed by atoms with Gasteiger partial charge in [0.05, 0.1) is 6.61 Å². The van der Waals surface area contributed by atoms with E-state index in [-0.39, 0.29) is 5.91 Å². The average molecular weight is 367 g/mol. The molecule has 0 unspecified atom stereocenters. The van der Waals surface area contributed by atoms with E-state index in [1.54, 1.807) is 53.4 Å². The zero-order valence-electron chi connectivity index (χ0n) is 15.0. The predicted molar refractivity (Wildman–Crippen MR) is 101 cm³/mol. The van der Waals surface area contributed by atoms with E-state index >= 15 is 0 Å². The second-order valence-electron chi connectivity index (χ2n) is 6.06. The number of rotatable bonds is 5. The molecule has 1 heterocycles. The molecule has 1 aliphatic rings. The number of hydrazine groups is 1. The molecule has 140 valence electrons. The lowest BCUT2D eigenvalue weighted by Gasteiger charge is -2.16. The maximum absolute atomic E-state index is 12.3. The van der Waals surface area contributed by atoms with Crippen molar-refractivity contribution in [2.24, 2.45) is 0 Å². The van der Waals surface area contributed by atoms with Crippen molar-refractivity contribution in [2.75, 3.05) is 18.1 Å². The largest absolute Gasteiger partial charge is 0.494 e. The van der Waals surface area contributed by atoms with Crippen LogP contribution in [0, 0.1) is 0 Å². The predicted octanol–water partition coefficient (Wildman–Crippen LogP) is 2.29. The van der Waals surface area contributed by atoms with Crippen molar-refractivity contribution < 1.29 is 19.1 Å². The number of benzene rings is 2. The summed E-state index contributed by atoms with van der Waals surface area (Å²) in [6.07, 6.45) is 1.34. The Bertz CT molecular complexity index is 849. The van der Waals surface area contributed by atoms with E-state index in [0.717, 1.165) is 6.42 Å². The van der Waals surface area contributed by atoms with Crippen LogP contribution in [-0.2, 0) is 4.79 Å². The normalized spacial score (nSPS) is 13.4. The van der Waals surface area contributed by atoms with E-state index in [1.165, 1.54) is 0 Å². The standard InChI is InChI=1S/C20H21N3O4/c1-2-27-17-10-8-14(9-11-17)19(25)21-22-20(26)15-5-3-6-16(13-15)23-12-4-7-18(23)24/h3,5-6,8-11,13H,2,4,7,12H2,1H3,(H,21,25)(H,22,26). The molecule has 0 bridgehead atoms. The quantitative estimate of drug-likeness (QED) is 0.794. The first-order chi connectivity index (χ1) is 13.1. The van der Waals surface area contributed by atoms with Crippen LogP contribution < -0.4 is 20.5 Å². The molecule has 0 spiro atoms. The number of amides is 3. The van der Waals surface area contributed by atoms with Gasteiger partial charge in [-0.15, -0.1) is 0 Å². The van der Waals surface area contributed by atoms with Crippen LogP contribution in [0.4, 0.5) is 5.69 Å². The van der Waals surface area contributed by atoms with Crippen LogP contribution in [-0.4, -0.2) is 30.9 Å². The second-order valence-corrected chi connectivity index (χ2v) is 6.06. The third-order valence-electron chi connectivity index (χ3n) is 4.21. The Labute approximate surface area is 157 Å². The first kappa shape index (κ1) is 18.4. The Morgan fingerprint density at radius 3 is 2.37 bits per heavy atom. The van der Waals surface area contributed by atoms with Gasteiger partial charge in [0.25, 0.3) is 11.8 Å². The molecule has 0 aliphatic carbocycles. The van der Waals surface area contributed by atoms with Gasteiger partial charge in [0.2, 0.25) is 5.91 Å². The minimum Gasteiger partial charge on any atom is -0.494 e. The number of carbonyl (C=O) groups is 3. The van der Waals surface area contributed by atoms with Gasteiger partial charge in [-0.25, -0.2) is 0 Å². The van der Waals surface area contributed by atoms with Crippen molar-refractivity contribution in [1.82, 2.24) is 10.9 Å². The molecule has 0 aromatic heterocycles. The lowest BCUT2D eigenvalue weighted by Crippen LogP contribution is -2.41. The SMILES string of the molecule is CCOc1ccc(C(=O)NNC(=O)c2cccc(N3CCCC3=O)c2)cc1. The first-order valence-electron chi connectivity index (χ1n) is 8.82. The van der Waals surface area contributed by atoms with Gasteiger partial charge in [-0.2, -0.15) is 0 Å². The molecule has 27 heavy (non-hydrogen) atoms. The fraction of sp³-hybridized carbons (Fsp3) is 0.250. The summed E-state index contributed by atoms with van der Waals surface area (Å²) >= 11 is 0. The van der Waals surface area contributed by atoms with E-state index < -0.39 is 11.8 Å². The van der Waals surface area contributed by atoms with Crippen molar-refractivity contribution in [2.45, 2.75) is 19.8 Å². The lowest BCUT2D eigenvalue weighted by atomic mass is 10.2. The van der Waals surface area contributed by atoms with E-state index in [2.05, 4.69) is 10.9 Å². The molecule has 2 aromatic rings. The van der Waals surface area contributed by atoms with Crippen LogP contribution in [0.15, 0.2) is 48.5 Å². The number of hydrogen-bond acceptors (Lipinski definition) is 4. The highest BCUT2D eigenvalue weighted by molar-refractivity contribution is 6.01.